The van der Waals surface area contributed by atoms with Gasteiger partial charge in [0.1, 0.15) is 6.04 Å². The number of rotatable bonds is 10. The van der Waals surface area contributed by atoms with Crippen molar-refractivity contribution in [2.45, 2.75) is 31.3 Å². The fourth-order valence-corrected chi connectivity index (χ4v) is 1.89. The average Bonchev–Trinajstić information content (AvgIpc) is 2.38. The van der Waals surface area contributed by atoms with Crippen LogP contribution in [-0.2, 0) is 9.59 Å². The van der Waals surface area contributed by atoms with Gasteiger partial charge >= 0.3 is 5.97 Å². The van der Waals surface area contributed by atoms with Gasteiger partial charge in [0.25, 0.3) is 0 Å². The fourth-order valence-electron chi connectivity index (χ4n) is 1.42. The van der Waals surface area contributed by atoms with Gasteiger partial charge in [0.05, 0.1) is 6.04 Å². The number of nitrogens with zero attached hydrogens (tertiary/aromatic N) is 1. The Morgan fingerprint density at radius 2 is 2.00 bits per heavy atom. The van der Waals surface area contributed by atoms with E-state index in [0.29, 0.717) is 31.6 Å². The average molecular weight is 305 g/mol. The van der Waals surface area contributed by atoms with Gasteiger partial charge in [0, 0.05) is 6.54 Å². The van der Waals surface area contributed by atoms with Crippen molar-refractivity contribution in [3.8, 4) is 0 Å². The van der Waals surface area contributed by atoms with Crippen LogP contribution in [0.3, 0.4) is 0 Å². The van der Waals surface area contributed by atoms with Gasteiger partial charge in [-0.1, -0.05) is 0 Å². The number of aliphatic carboxylic acids is 1. The number of amides is 1. The lowest BCUT2D eigenvalue weighted by atomic mass is 10.1. The van der Waals surface area contributed by atoms with Crippen molar-refractivity contribution in [1.82, 2.24) is 5.32 Å². The van der Waals surface area contributed by atoms with Gasteiger partial charge in [-0.15, -0.1) is 0 Å². The number of nitrogens with one attached hydrogen (secondary N) is 1. The molecule has 0 saturated carbocycles. The van der Waals surface area contributed by atoms with Crippen LogP contribution in [0.25, 0.3) is 0 Å². The van der Waals surface area contributed by atoms with Crippen molar-refractivity contribution >= 4 is 29.6 Å². The third kappa shape index (κ3) is 8.59. The summed E-state index contributed by atoms with van der Waals surface area (Å²) in [6.45, 7) is 0.387. The van der Waals surface area contributed by atoms with Crippen LogP contribution in [0.2, 0.25) is 0 Å². The van der Waals surface area contributed by atoms with Gasteiger partial charge in [-0.3, -0.25) is 9.79 Å². The number of hydrogen-bond donors (Lipinski definition) is 5. The van der Waals surface area contributed by atoms with Crippen molar-refractivity contribution in [3.63, 3.8) is 0 Å². The SMILES string of the molecule is CSCC[C@H](NC(=O)[C@@H](N)CCCN=C(N)N)C(=O)O. The van der Waals surface area contributed by atoms with Crippen molar-refractivity contribution in [2.75, 3.05) is 18.6 Å². The number of hydrogen-bond acceptors (Lipinski definition) is 5. The summed E-state index contributed by atoms with van der Waals surface area (Å²) in [5.41, 5.74) is 16.0. The largest absolute Gasteiger partial charge is 0.480 e. The Kier molecular flexibility index (Phi) is 9.56. The lowest BCUT2D eigenvalue weighted by molar-refractivity contribution is -0.142. The van der Waals surface area contributed by atoms with Crippen molar-refractivity contribution < 1.29 is 14.7 Å². The van der Waals surface area contributed by atoms with Crippen LogP contribution in [0.5, 0.6) is 0 Å². The molecule has 0 saturated heterocycles. The minimum Gasteiger partial charge on any atom is -0.480 e. The molecule has 0 aliphatic carbocycles. The van der Waals surface area contributed by atoms with Gasteiger partial charge in [0.2, 0.25) is 5.91 Å². The van der Waals surface area contributed by atoms with E-state index in [9.17, 15) is 9.59 Å². The predicted octanol–water partition coefficient (Wildman–Crippen LogP) is -1.31. The molecule has 0 bridgehead atoms. The predicted molar refractivity (Wildman–Crippen MR) is 80.5 cm³/mol. The summed E-state index contributed by atoms with van der Waals surface area (Å²) >= 11 is 1.52. The molecule has 0 aliphatic rings. The summed E-state index contributed by atoms with van der Waals surface area (Å²) in [6, 6.07) is -1.67. The highest BCUT2D eigenvalue weighted by atomic mass is 32.2. The fraction of sp³-hybridized carbons (Fsp3) is 0.727. The smallest absolute Gasteiger partial charge is 0.326 e. The Hall–Kier alpha value is -1.48. The van der Waals surface area contributed by atoms with Gasteiger partial charge in [0.15, 0.2) is 5.96 Å². The molecule has 0 radical (unpaired) electrons. The first-order chi connectivity index (χ1) is 9.38. The topological polar surface area (TPSA) is 157 Å². The highest BCUT2D eigenvalue weighted by molar-refractivity contribution is 7.98. The number of carboxylic acid groups (broad SMARTS) is 1. The second-order valence-corrected chi connectivity index (χ2v) is 5.22. The van der Waals surface area contributed by atoms with Gasteiger partial charge in [-0.25, -0.2) is 4.79 Å². The number of carbonyl (C=O) groups excluding carboxylic acids is 1. The van der Waals surface area contributed by atoms with Gasteiger partial charge in [-0.2, -0.15) is 11.8 Å². The minimum atomic E-state index is -1.06. The molecule has 0 heterocycles. The normalized spacial score (nSPS) is 13.3. The van der Waals surface area contributed by atoms with Crippen LogP contribution in [0.4, 0.5) is 0 Å². The summed E-state index contributed by atoms with van der Waals surface area (Å²) in [7, 11) is 0. The Morgan fingerprint density at radius 1 is 1.35 bits per heavy atom. The van der Waals surface area contributed by atoms with E-state index >= 15 is 0 Å². The lowest BCUT2D eigenvalue weighted by Gasteiger charge is -2.17. The molecule has 1 amide bonds. The number of carboxylic acids is 1. The molecule has 8 nitrogen and oxygen atoms in total. The third-order valence-corrected chi connectivity index (χ3v) is 3.17. The van der Waals surface area contributed by atoms with E-state index in [1.807, 2.05) is 6.26 Å². The second kappa shape index (κ2) is 10.3. The monoisotopic (exact) mass is 305 g/mol. The highest BCUT2D eigenvalue weighted by Crippen LogP contribution is 2.02. The van der Waals surface area contributed by atoms with E-state index in [1.54, 1.807) is 0 Å². The molecule has 0 fully saturated rings. The summed E-state index contributed by atoms with van der Waals surface area (Å²) in [5, 5.41) is 11.4. The maximum atomic E-state index is 11.8. The van der Waals surface area contributed by atoms with E-state index in [4.69, 9.17) is 22.3 Å². The molecule has 0 unspecified atom stereocenters. The minimum absolute atomic E-state index is 0.00831. The van der Waals surface area contributed by atoms with Crippen molar-refractivity contribution in [2.24, 2.45) is 22.2 Å². The van der Waals surface area contributed by atoms with Crippen LogP contribution in [0.1, 0.15) is 19.3 Å². The van der Waals surface area contributed by atoms with E-state index in [-0.39, 0.29) is 5.96 Å². The maximum Gasteiger partial charge on any atom is 0.326 e. The maximum absolute atomic E-state index is 11.8. The molecule has 0 aromatic heterocycles. The Morgan fingerprint density at radius 3 is 2.50 bits per heavy atom. The number of carbonyl (C=O) groups is 2. The van der Waals surface area contributed by atoms with Gasteiger partial charge < -0.3 is 27.6 Å². The molecule has 9 heteroatoms. The Balaban J connectivity index is 4.14. The van der Waals surface area contributed by atoms with Crippen molar-refractivity contribution in [3.05, 3.63) is 0 Å². The first-order valence-corrected chi connectivity index (χ1v) is 7.61. The molecule has 0 aromatic carbocycles. The highest BCUT2D eigenvalue weighted by Gasteiger charge is 2.22. The van der Waals surface area contributed by atoms with Crippen molar-refractivity contribution in [1.29, 1.82) is 0 Å². The van der Waals surface area contributed by atoms with E-state index in [2.05, 4.69) is 10.3 Å². The standard InChI is InChI=1S/C11H23N5O3S/c1-20-6-4-8(10(18)19)16-9(17)7(12)3-2-5-15-11(13)14/h7-8H,2-6,12H2,1H3,(H,16,17)(H,18,19)(H4,13,14,15)/t7-,8-/m0/s1. The Bertz CT molecular complexity index is 347. The lowest BCUT2D eigenvalue weighted by Crippen LogP contribution is -2.48. The van der Waals surface area contributed by atoms with Crippen LogP contribution in [0.15, 0.2) is 4.99 Å². The summed E-state index contributed by atoms with van der Waals surface area (Å²) in [6.07, 6.45) is 3.17. The molecular formula is C11H23N5O3S. The molecule has 2 atom stereocenters. The first kappa shape index (κ1) is 18.5. The zero-order valence-electron chi connectivity index (χ0n) is 11.5. The third-order valence-electron chi connectivity index (χ3n) is 2.53. The molecular weight excluding hydrogens is 282 g/mol. The number of guanidine groups is 1. The zero-order chi connectivity index (χ0) is 15.5. The van der Waals surface area contributed by atoms with Crippen LogP contribution < -0.4 is 22.5 Å². The number of thioether (sulfide) groups is 1. The van der Waals surface area contributed by atoms with E-state index in [0.717, 1.165) is 0 Å². The van der Waals surface area contributed by atoms with Crippen LogP contribution >= 0.6 is 11.8 Å². The van der Waals surface area contributed by atoms with Crippen LogP contribution in [-0.4, -0.2) is 53.6 Å². The number of aliphatic imine (C=N–C) groups is 1. The molecule has 0 rings (SSSR count). The first-order valence-electron chi connectivity index (χ1n) is 6.21. The summed E-state index contributed by atoms with van der Waals surface area (Å²) < 4.78 is 0. The summed E-state index contributed by atoms with van der Waals surface area (Å²) in [5.74, 6) is -0.883. The zero-order valence-corrected chi connectivity index (χ0v) is 12.4. The van der Waals surface area contributed by atoms with E-state index in [1.165, 1.54) is 11.8 Å². The molecule has 20 heavy (non-hydrogen) atoms. The molecule has 8 N–H and O–H groups in total. The Labute approximate surface area is 122 Å². The van der Waals surface area contributed by atoms with Crippen LogP contribution in [0, 0.1) is 0 Å². The molecule has 0 aromatic rings. The molecule has 0 spiro atoms. The summed E-state index contributed by atoms with van der Waals surface area (Å²) in [4.78, 5) is 26.5. The quantitative estimate of drug-likeness (QED) is 0.190. The molecule has 0 aliphatic heterocycles. The molecule has 116 valence electrons. The van der Waals surface area contributed by atoms with E-state index < -0.39 is 24.0 Å². The number of nitrogens with two attached hydrogens (primary N) is 3. The second-order valence-electron chi connectivity index (χ2n) is 4.24. The van der Waals surface area contributed by atoms with Gasteiger partial charge in [-0.05, 0) is 31.3 Å².